The van der Waals surface area contributed by atoms with Crippen molar-refractivity contribution >= 4 is 15.7 Å². The Balaban J connectivity index is 2.76. The number of nitrogens with one attached hydrogen (secondary N) is 1. The van der Waals surface area contributed by atoms with E-state index in [-0.39, 0.29) is 11.2 Å². The van der Waals surface area contributed by atoms with E-state index in [0.29, 0.717) is 31.0 Å². The minimum Gasteiger partial charge on any atom is -0.490 e. The highest BCUT2D eigenvalue weighted by molar-refractivity contribution is 7.92. The predicted molar refractivity (Wildman–Crippen MR) is 82.5 cm³/mol. The third-order valence-corrected chi connectivity index (χ3v) is 3.92. The molecule has 0 heterocycles. The van der Waals surface area contributed by atoms with Gasteiger partial charge in [0.05, 0.1) is 11.4 Å². The van der Waals surface area contributed by atoms with Crippen molar-refractivity contribution in [3.05, 3.63) is 24.3 Å². The second kappa shape index (κ2) is 6.95. The summed E-state index contributed by atoms with van der Waals surface area (Å²) in [6.07, 6.45) is 0.591. The summed E-state index contributed by atoms with van der Waals surface area (Å²) < 4.78 is 32.2. The standard InChI is InChI=1S/C14H24N2O3S/c1-14(2,3)8-11-20(17,18)16-12-6-4-5-7-13(12)19-10-9-15/h4-7,16H,8-11,15H2,1-3H3. The molecule has 0 saturated heterocycles. The van der Waals surface area contributed by atoms with E-state index in [1.165, 1.54) is 0 Å². The van der Waals surface area contributed by atoms with Gasteiger partial charge in [-0.1, -0.05) is 32.9 Å². The third kappa shape index (κ3) is 6.25. The smallest absolute Gasteiger partial charge is 0.232 e. The number of sulfonamides is 1. The van der Waals surface area contributed by atoms with Gasteiger partial charge in [0.25, 0.3) is 0 Å². The Bertz CT molecular complexity index is 521. The van der Waals surface area contributed by atoms with Crippen LogP contribution in [0.2, 0.25) is 0 Å². The third-order valence-electron chi connectivity index (χ3n) is 2.65. The Hall–Kier alpha value is -1.27. The molecule has 0 fully saturated rings. The number of hydrogen-bond acceptors (Lipinski definition) is 4. The molecule has 114 valence electrons. The van der Waals surface area contributed by atoms with Gasteiger partial charge in [0, 0.05) is 6.54 Å². The average molecular weight is 300 g/mol. The van der Waals surface area contributed by atoms with E-state index in [1.54, 1.807) is 24.3 Å². The second-order valence-corrected chi connectivity index (χ2v) is 7.71. The van der Waals surface area contributed by atoms with Crippen LogP contribution in [0.25, 0.3) is 0 Å². The SMILES string of the molecule is CC(C)(C)CCS(=O)(=O)Nc1ccccc1OCCN. The van der Waals surface area contributed by atoms with Crippen LogP contribution in [0.1, 0.15) is 27.2 Å². The highest BCUT2D eigenvalue weighted by atomic mass is 32.2. The lowest BCUT2D eigenvalue weighted by Crippen LogP contribution is -2.21. The van der Waals surface area contributed by atoms with Crippen molar-refractivity contribution in [2.24, 2.45) is 11.1 Å². The fraction of sp³-hybridized carbons (Fsp3) is 0.571. The van der Waals surface area contributed by atoms with Crippen LogP contribution in [0.5, 0.6) is 5.75 Å². The number of benzene rings is 1. The molecule has 3 N–H and O–H groups in total. The second-order valence-electron chi connectivity index (χ2n) is 5.86. The van der Waals surface area contributed by atoms with Gasteiger partial charge in [-0.2, -0.15) is 0 Å². The number of nitrogens with two attached hydrogens (primary N) is 1. The maximum absolute atomic E-state index is 12.1. The Morgan fingerprint density at radius 3 is 2.50 bits per heavy atom. The highest BCUT2D eigenvalue weighted by Gasteiger charge is 2.18. The monoisotopic (exact) mass is 300 g/mol. The molecular weight excluding hydrogens is 276 g/mol. The quantitative estimate of drug-likeness (QED) is 0.809. The summed E-state index contributed by atoms with van der Waals surface area (Å²) in [6, 6.07) is 6.95. The zero-order chi connectivity index (χ0) is 15.2. The van der Waals surface area contributed by atoms with Crippen molar-refractivity contribution in [3.8, 4) is 5.75 Å². The van der Waals surface area contributed by atoms with Crippen LogP contribution in [0.15, 0.2) is 24.3 Å². The van der Waals surface area contributed by atoms with Crippen LogP contribution >= 0.6 is 0 Å². The summed E-state index contributed by atoms with van der Waals surface area (Å²) in [6.45, 7) is 6.77. The molecule has 0 aliphatic carbocycles. The average Bonchev–Trinajstić information content (AvgIpc) is 2.34. The maximum Gasteiger partial charge on any atom is 0.232 e. The van der Waals surface area contributed by atoms with Crippen LogP contribution in [0.3, 0.4) is 0 Å². The predicted octanol–water partition coefficient (Wildman–Crippen LogP) is 2.20. The van der Waals surface area contributed by atoms with Crippen LogP contribution in [0.4, 0.5) is 5.69 Å². The van der Waals surface area contributed by atoms with Crippen molar-refractivity contribution in [3.63, 3.8) is 0 Å². The van der Waals surface area contributed by atoms with Crippen molar-refractivity contribution < 1.29 is 13.2 Å². The zero-order valence-corrected chi connectivity index (χ0v) is 13.2. The minimum atomic E-state index is -3.38. The van der Waals surface area contributed by atoms with Gasteiger partial charge in [-0.3, -0.25) is 4.72 Å². The summed E-state index contributed by atoms with van der Waals surface area (Å²) in [7, 11) is -3.38. The first-order valence-electron chi connectivity index (χ1n) is 6.66. The Morgan fingerprint density at radius 1 is 1.25 bits per heavy atom. The topological polar surface area (TPSA) is 81.4 Å². The molecule has 0 aliphatic heterocycles. The summed E-state index contributed by atoms with van der Waals surface area (Å²) in [5.41, 5.74) is 5.82. The Kier molecular flexibility index (Phi) is 5.83. The summed E-state index contributed by atoms with van der Waals surface area (Å²) >= 11 is 0. The maximum atomic E-state index is 12.1. The van der Waals surface area contributed by atoms with Gasteiger partial charge in [-0.05, 0) is 24.0 Å². The molecule has 1 rings (SSSR count). The van der Waals surface area contributed by atoms with E-state index in [0.717, 1.165) is 0 Å². The van der Waals surface area contributed by atoms with Crippen molar-refractivity contribution in [1.82, 2.24) is 0 Å². The molecule has 5 nitrogen and oxygen atoms in total. The van der Waals surface area contributed by atoms with Gasteiger partial charge >= 0.3 is 0 Å². The first-order chi connectivity index (χ1) is 9.23. The van der Waals surface area contributed by atoms with E-state index in [4.69, 9.17) is 10.5 Å². The number of para-hydroxylation sites is 2. The minimum absolute atomic E-state index is 0.0235. The van der Waals surface area contributed by atoms with Crippen molar-refractivity contribution in [2.75, 3.05) is 23.6 Å². The van der Waals surface area contributed by atoms with Gasteiger partial charge < -0.3 is 10.5 Å². The molecule has 0 unspecified atom stereocenters. The van der Waals surface area contributed by atoms with Crippen molar-refractivity contribution in [2.45, 2.75) is 27.2 Å². The summed E-state index contributed by atoms with van der Waals surface area (Å²) in [5.74, 6) is 0.583. The molecule has 1 aromatic carbocycles. The lowest BCUT2D eigenvalue weighted by molar-refractivity contribution is 0.330. The van der Waals surface area contributed by atoms with Gasteiger partial charge in [0.2, 0.25) is 10.0 Å². The van der Waals surface area contributed by atoms with E-state index in [2.05, 4.69) is 4.72 Å². The lowest BCUT2D eigenvalue weighted by Gasteiger charge is -2.19. The molecule has 0 spiro atoms. The lowest BCUT2D eigenvalue weighted by atomic mass is 9.94. The number of anilines is 1. The first-order valence-corrected chi connectivity index (χ1v) is 8.31. The molecule has 6 heteroatoms. The number of hydrogen-bond donors (Lipinski definition) is 2. The fourth-order valence-corrected chi connectivity index (χ4v) is 2.99. The van der Waals surface area contributed by atoms with Gasteiger partial charge in [0.1, 0.15) is 12.4 Å². The van der Waals surface area contributed by atoms with Crippen LogP contribution in [-0.2, 0) is 10.0 Å². The van der Waals surface area contributed by atoms with Crippen LogP contribution in [-0.4, -0.2) is 27.3 Å². The van der Waals surface area contributed by atoms with E-state index in [1.807, 2.05) is 20.8 Å². The molecule has 0 saturated carbocycles. The summed E-state index contributed by atoms with van der Waals surface area (Å²) in [4.78, 5) is 0. The molecule has 0 atom stereocenters. The Labute approximate surface area is 121 Å². The number of rotatable bonds is 7. The largest absolute Gasteiger partial charge is 0.490 e. The molecule has 0 aromatic heterocycles. The van der Waals surface area contributed by atoms with Gasteiger partial charge in [-0.25, -0.2) is 8.42 Å². The molecule has 0 bridgehead atoms. The van der Waals surface area contributed by atoms with Crippen molar-refractivity contribution in [1.29, 1.82) is 0 Å². The fourth-order valence-electron chi connectivity index (χ4n) is 1.50. The highest BCUT2D eigenvalue weighted by Crippen LogP contribution is 2.26. The van der Waals surface area contributed by atoms with Gasteiger partial charge in [0.15, 0.2) is 0 Å². The first kappa shape index (κ1) is 16.8. The molecule has 20 heavy (non-hydrogen) atoms. The van der Waals surface area contributed by atoms with Crippen LogP contribution < -0.4 is 15.2 Å². The molecule has 0 radical (unpaired) electrons. The molecule has 0 aliphatic rings. The summed E-state index contributed by atoms with van der Waals surface area (Å²) in [5, 5.41) is 0. The number of ether oxygens (including phenoxy) is 1. The molecule has 1 aromatic rings. The normalized spacial score (nSPS) is 12.2. The molecular formula is C14H24N2O3S. The zero-order valence-electron chi connectivity index (χ0n) is 12.3. The van der Waals surface area contributed by atoms with E-state index >= 15 is 0 Å². The molecule has 0 amide bonds. The Morgan fingerprint density at radius 2 is 1.90 bits per heavy atom. The van der Waals surface area contributed by atoms with Crippen LogP contribution in [0, 0.1) is 5.41 Å². The van der Waals surface area contributed by atoms with E-state index in [9.17, 15) is 8.42 Å². The van der Waals surface area contributed by atoms with Gasteiger partial charge in [-0.15, -0.1) is 0 Å². The van der Waals surface area contributed by atoms with E-state index < -0.39 is 10.0 Å².